The SMILES string of the molecule is Cc1cccc(C(C)CNC(=O)N2CCC(CO)CC2)c1. The predicted octanol–water partition coefficient (Wildman–Crippen LogP) is 2.51. The van der Waals surface area contributed by atoms with E-state index in [1.807, 2.05) is 4.90 Å². The van der Waals surface area contributed by atoms with Crippen molar-refractivity contribution >= 4 is 6.03 Å². The van der Waals surface area contributed by atoms with Gasteiger partial charge in [0.25, 0.3) is 0 Å². The molecule has 0 aliphatic carbocycles. The minimum absolute atomic E-state index is 0.0193. The monoisotopic (exact) mass is 290 g/mol. The molecule has 116 valence electrons. The molecule has 2 rings (SSSR count). The summed E-state index contributed by atoms with van der Waals surface area (Å²) in [4.78, 5) is 14.0. The minimum Gasteiger partial charge on any atom is -0.396 e. The van der Waals surface area contributed by atoms with Gasteiger partial charge < -0.3 is 15.3 Å². The number of benzene rings is 1. The van der Waals surface area contributed by atoms with E-state index in [0.717, 1.165) is 25.9 Å². The van der Waals surface area contributed by atoms with E-state index in [4.69, 9.17) is 5.11 Å². The maximum atomic E-state index is 12.1. The quantitative estimate of drug-likeness (QED) is 0.895. The largest absolute Gasteiger partial charge is 0.396 e. The highest BCUT2D eigenvalue weighted by atomic mass is 16.3. The zero-order chi connectivity index (χ0) is 15.2. The van der Waals surface area contributed by atoms with Crippen molar-refractivity contribution in [3.05, 3.63) is 35.4 Å². The first kappa shape index (κ1) is 15.8. The topological polar surface area (TPSA) is 52.6 Å². The molecule has 1 unspecified atom stereocenters. The molecule has 1 aliphatic heterocycles. The van der Waals surface area contributed by atoms with Crippen LogP contribution in [0, 0.1) is 12.8 Å². The van der Waals surface area contributed by atoms with Gasteiger partial charge in [-0.25, -0.2) is 4.79 Å². The number of hydrogen-bond donors (Lipinski definition) is 2. The number of aryl methyl sites for hydroxylation is 1. The van der Waals surface area contributed by atoms with Gasteiger partial charge in [-0.15, -0.1) is 0 Å². The Morgan fingerprint density at radius 1 is 1.43 bits per heavy atom. The molecule has 0 radical (unpaired) electrons. The van der Waals surface area contributed by atoms with Crippen LogP contribution in [0.15, 0.2) is 24.3 Å². The number of urea groups is 1. The maximum absolute atomic E-state index is 12.1. The summed E-state index contributed by atoms with van der Waals surface area (Å²) < 4.78 is 0. The second-order valence-electron chi connectivity index (χ2n) is 6.11. The lowest BCUT2D eigenvalue weighted by molar-refractivity contribution is 0.137. The zero-order valence-electron chi connectivity index (χ0n) is 13.0. The molecule has 1 aromatic rings. The Balaban J connectivity index is 1.79. The summed E-state index contributed by atoms with van der Waals surface area (Å²) in [5.41, 5.74) is 2.51. The van der Waals surface area contributed by atoms with Gasteiger partial charge in [0.05, 0.1) is 0 Å². The third kappa shape index (κ3) is 4.46. The van der Waals surface area contributed by atoms with Gasteiger partial charge in [-0.3, -0.25) is 0 Å². The number of nitrogens with one attached hydrogen (secondary N) is 1. The second-order valence-corrected chi connectivity index (χ2v) is 6.11. The van der Waals surface area contributed by atoms with Crippen molar-refractivity contribution in [3.63, 3.8) is 0 Å². The third-order valence-electron chi connectivity index (χ3n) is 4.33. The molecule has 1 fully saturated rings. The molecule has 1 aliphatic rings. The highest BCUT2D eigenvalue weighted by molar-refractivity contribution is 5.74. The van der Waals surface area contributed by atoms with Crippen LogP contribution in [0.3, 0.4) is 0 Å². The summed E-state index contributed by atoms with van der Waals surface area (Å²) in [6.45, 7) is 6.60. The van der Waals surface area contributed by atoms with Gasteiger partial charge in [-0.1, -0.05) is 36.8 Å². The first-order valence-corrected chi connectivity index (χ1v) is 7.80. The van der Waals surface area contributed by atoms with Crippen molar-refractivity contribution in [2.24, 2.45) is 5.92 Å². The van der Waals surface area contributed by atoms with E-state index in [2.05, 4.69) is 43.4 Å². The van der Waals surface area contributed by atoms with Crippen LogP contribution in [0.2, 0.25) is 0 Å². The average molecular weight is 290 g/mol. The van der Waals surface area contributed by atoms with Gasteiger partial charge in [0.2, 0.25) is 0 Å². The van der Waals surface area contributed by atoms with E-state index in [0.29, 0.717) is 18.4 Å². The fourth-order valence-electron chi connectivity index (χ4n) is 2.77. The summed E-state index contributed by atoms with van der Waals surface area (Å²) >= 11 is 0. The molecule has 4 nitrogen and oxygen atoms in total. The number of nitrogens with zero attached hydrogens (tertiary/aromatic N) is 1. The lowest BCUT2D eigenvalue weighted by Gasteiger charge is -2.31. The Morgan fingerprint density at radius 3 is 2.76 bits per heavy atom. The molecule has 0 saturated carbocycles. The first-order valence-electron chi connectivity index (χ1n) is 7.80. The van der Waals surface area contributed by atoms with Crippen LogP contribution in [0.1, 0.15) is 36.8 Å². The van der Waals surface area contributed by atoms with Crippen molar-refractivity contribution in [1.29, 1.82) is 0 Å². The standard InChI is InChI=1S/C17H26N2O2/c1-13-4-3-5-16(10-13)14(2)11-18-17(21)19-8-6-15(12-20)7-9-19/h3-5,10,14-15,20H,6-9,11-12H2,1-2H3,(H,18,21). The third-order valence-corrected chi connectivity index (χ3v) is 4.33. The van der Waals surface area contributed by atoms with Crippen LogP contribution in [0.25, 0.3) is 0 Å². The van der Waals surface area contributed by atoms with Crippen LogP contribution in [-0.4, -0.2) is 42.3 Å². The summed E-state index contributed by atoms with van der Waals surface area (Å²) in [5, 5.41) is 12.1. The Kier molecular flexibility index (Phi) is 5.62. The molecule has 1 aromatic carbocycles. The number of carbonyl (C=O) groups is 1. The number of rotatable bonds is 4. The molecule has 1 heterocycles. The highest BCUT2D eigenvalue weighted by Crippen LogP contribution is 2.18. The van der Waals surface area contributed by atoms with Crippen LogP contribution in [-0.2, 0) is 0 Å². The molecular weight excluding hydrogens is 264 g/mol. The fourth-order valence-corrected chi connectivity index (χ4v) is 2.77. The summed E-state index contributed by atoms with van der Waals surface area (Å²) in [5.74, 6) is 0.670. The number of carbonyl (C=O) groups excluding carboxylic acids is 1. The van der Waals surface area contributed by atoms with Gasteiger partial charge in [-0.05, 0) is 37.2 Å². The summed E-state index contributed by atoms with van der Waals surface area (Å²) in [6.07, 6.45) is 1.80. The van der Waals surface area contributed by atoms with E-state index in [1.54, 1.807) is 0 Å². The molecule has 21 heavy (non-hydrogen) atoms. The van der Waals surface area contributed by atoms with Crippen molar-refractivity contribution in [1.82, 2.24) is 10.2 Å². The Labute approximate surface area is 127 Å². The van der Waals surface area contributed by atoms with Crippen LogP contribution >= 0.6 is 0 Å². The van der Waals surface area contributed by atoms with Crippen molar-refractivity contribution in [2.45, 2.75) is 32.6 Å². The van der Waals surface area contributed by atoms with Crippen molar-refractivity contribution < 1.29 is 9.90 Å². The van der Waals surface area contributed by atoms with E-state index in [9.17, 15) is 4.79 Å². The number of likely N-dealkylation sites (tertiary alicyclic amines) is 1. The Morgan fingerprint density at radius 2 is 2.14 bits per heavy atom. The molecule has 1 saturated heterocycles. The zero-order valence-corrected chi connectivity index (χ0v) is 13.0. The number of hydrogen-bond acceptors (Lipinski definition) is 2. The maximum Gasteiger partial charge on any atom is 0.317 e. The first-order chi connectivity index (χ1) is 10.1. The normalized spacial score (nSPS) is 17.6. The van der Waals surface area contributed by atoms with Crippen LogP contribution in [0.4, 0.5) is 4.79 Å². The van der Waals surface area contributed by atoms with Gasteiger partial charge in [0.15, 0.2) is 0 Å². The molecule has 0 spiro atoms. The lowest BCUT2D eigenvalue weighted by atomic mass is 9.98. The number of aliphatic hydroxyl groups is 1. The van der Waals surface area contributed by atoms with Crippen molar-refractivity contribution in [2.75, 3.05) is 26.2 Å². The van der Waals surface area contributed by atoms with Crippen molar-refractivity contribution in [3.8, 4) is 0 Å². The van der Waals surface area contributed by atoms with E-state index in [-0.39, 0.29) is 12.6 Å². The van der Waals surface area contributed by atoms with Gasteiger partial charge >= 0.3 is 6.03 Å². The average Bonchev–Trinajstić information content (AvgIpc) is 2.52. The fraction of sp³-hybridized carbons (Fsp3) is 0.588. The highest BCUT2D eigenvalue weighted by Gasteiger charge is 2.22. The molecule has 4 heteroatoms. The van der Waals surface area contributed by atoms with E-state index >= 15 is 0 Å². The number of aliphatic hydroxyl groups excluding tert-OH is 1. The molecule has 0 aromatic heterocycles. The molecule has 2 amide bonds. The summed E-state index contributed by atoms with van der Waals surface area (Å²) in [7, 11) is 0. The second kappa shape index (κ2) is 7.46. The smallest absolute Gasteiger partial charge is 0.317 e. The van der Waals surface area contributed by atoms with Gasteiger partial charge in [-0.2, -0.15) is 0 Å². The van der Waals surface area contributed by atoms with Gasteiger partial charge in [0, 0.05) is 26.2 Å². The van der Waals surface area contributed by atoms with E-state index in [1.165, 1.54) is 11.1 Å². The molecule has 2 N–H and O–H groups in total. The molecule has 0 bridgehead atoms. The van der Waals surface area contributed by atoms with Crippen LogP contribution in [0.5, 0.6) is 0 Å². The predicted molar refractivity (Wildman–Crippen MR) is 84.4 cm³/mol. The lowest BCUT2D eigenvalue weighted by Crippen LogP contribution is -2.45. The number of piperidine rings is 1. The minimum atomic E-state index is 0.0193. The van der Waals surface area contributed by atoms with Gasteiger partial charge in [0.1, 0.15) is 0 Å². The summed E-state index contributed by atoms with van der Waals surface area (Å²) in [6, 6.07) is 8.44. The Bertz CT molecular complexity index is 468. The molecular formula is C17H26N2O2. The van der Waals surface area contributed by atoms with Crippen LogP contribution < -0.4 is 5.32 Å². The number of amides is 2. The van der Waals surface area contributed by atoms with E-state index < -0.39 is 0 Å². The molecule has 1 atom stereocenters. The Hall–Kier alpha value is -1.55.